The molecule has 0 atom stereocenters. The van der Waals surface area contributed by atoms with Crippen molar-refractivity contribution in [2.45, 2.75) is 24.6 Å². The molecule has 0 bridgehead atoms. The molecule has 0 N–H and O–H groups in total. The predicted molar refractivity (Wildman–Crippen MR) is 105 cm³/mol. The molecule has 2 aromatic carbocycles. The highest BCUT2D eigenvalue weighted by Gasteiger charge is 2.29. The number of aromatic nitrogens is 2. The molecule has 1 saturated carbocycles. The van der Waals surface area contributed by atoms with Crippen molar-refractivity contribution in [3.8, 4) is 17.2 Å². The molecule has 136 valence electrons. The van der Waals surface area contributed by atoms with E-state index in [-0.39, 0.29) is 5.75 Å². The van der Waals surface area contributed by atoms with Crippen molar-refractivity contribution in [1.82, 2.24) is 10.2 Å². The lowest BCUT2D eigenvalue weighted by Crippen LogP contribution is -2.21. The van der Waals surface area contributed by atoms with Gasteiger partial charge in [-0.05, 0) is 41.7 Å². The molecule has 27 heavy (non-hydrogen) atoms. The molecule has 0 spiro atoms. The molecule has 0 amide bonds. The number of rotatable bonds is 5. The standard InChI is InChI=1S/C20H18N4O2S/c1-24(16-7-8-16)20-17-9-6-15(10-18(17)22-23-19(20)11-21)14-4-2-13(3-5-14)12-27(25)26/h2-6,9-10,16,27H,7-8,12H2,1H3. The molecule has 0 aliphatic heterocycles. The summed E-state index contributed by atoms with van der Waals surface area (Å²) >= 11 is 0. The van der Waals surface area contributed by atoms with Crippen molar-refractivity contribution in [3.05, 3.63) is 53.7 Å². The highest BCUT2D eigenvalue weighted by atomic mass is 32.2. The third-order valence-electron chi connectivity index (χ3n) is 4.89. The lowest BCUT2D eigenvalue weighted by molar-refractivity contribution is 0.614. The van der Waals surface area contributed by atoms with Crippen LogP contribution in [0.25, 0.3) is 22.0 Å². The molecule has 1 aliphatic rings. The third-order valence-corrected chi connectivity index (χ3v) is 5.51. The maximum atomic E-state index is 10.9. The van der Waals surface area contributed by atoms with E-state index in [1.165, 1.54) is 0 Å². The summed E-state index contributed by atoms with van der Waals surface area (Å²) in [7, 11) is -0.426. The summed E-state index contributed by atoms with van der Waals surface area (Å²) in [5, 5.41) is 18.7. The summed E-state index contributed by atoms with van der Waals surface area (Å²) < 4.78 is 21.7. The highest BCUT2D eigenvalue weighted by Crippen LogP contribution is 2.36. The first-order valence-corrected chi connectivity index (χ1v) is 10.1. The number of anilines is 1. The Morgan fingerprint density at radius 2 is 1.81 bits per heavy atom. The molecule has 6 nitrogen and oxygen atoms in total. The summed E-state index contributed by atoms with van der Waals surface area (Å²) in [5.74, 6) is 0.0482. The van der Waals surface area contributed by atoms with Gasteiger partial charge >= 0.3 is 0 Å². The van der Waals surface area contributed by atoms with Crippen LogP contribution < -0.4 is 4.90 Å². The minimum Gasteiger partial charge on any atom is -0.369 e. The first-order chi connectivity index (χ1) is 13.1. The Hall–Kier alpha value is -2.98. The van der Waals surface area contributed by atoms with Crippen LogP contribution in [0.1, 0.15) is 24.1 Å². The van der Waals surface area contributed by atoms with E-state index in [1.54, 1.807) is 0 Å². The summed E-state index contributed by atoms with van der Waals surface area (Å²) in [4.78, 5) is 2.13. The second kappa shape index (κ2) is 6.97. The number of nitriles is 1. The van der Waals surface area contributed by atoms with Crippen molar-refractivity contribution in [3.63, 3.8) is 0 Å². The zero-order valence-electron chi connectivity index (χ0n) is 14.8. The fourth-order valence-corrected chi connectivity index (χ4v) is 3.81. The van der Waals surface area contributed by atoms with Crippen LogP contribution in [0.4, 0.5) is 5.69 Å². The van der Waals surface area contributed by atoms with Crippen LogP contribution in [0.15, 0.2) is 42.5 Å². The minimum atomic E-state index is -2.43. The fourth-order valence-electron chi connectivity index (χ4n) is 3.30. The van der Waals surface area contributed by atoms with Crippen LogP contribution in [0.5, 0.6) is 0 Å². The highest BCUT2D eigenvalue weighted by molar-refractivity contribution is 7.71. The van der Waals surface area contributed by atoms with E-state index in [4.69, 9.17) is 0 Å². The van der Waals surface area contributed by atoms with E-state index >= 15 is 0 Å². The monoisotopic (exact) mass is 378 g/mol. The third kappa shape index (κ3) is 3.49. The molecule has 3 aromatic rings. The summed E-state index contributed by atoms with van der Waals surface area (Å²) in [6.07, 6.45) is 2.26. The van der Waals surface area contributed by atoms with Gasteiger partial charge in [0.1, 0.15) is 16.8 Å². The Morgan fingerprint density at radius 3 is 2.44 bits per heavy atom. The second-order valence-corrected chi connectivity index (χ2v) is 7.75. The summed E-state index contributed by atoms with van der Waals surface area (Å²) in [6, 6.07) is 16.0. The van der Waals surface area contributed by atoms with Gasteiger partial charge < -0.3 is 4.90 Å². The molecular formula is C20H18N4O2S. The van der Waals surface area contributed by atoms with E-state index in [1.807, 2.05) is 49.5 Å². The van der Waals surface area contributed by atoms with Gasteiger partial charge in [-0.2, -0.15) is 5.26 Å². The topological polar surface area (TPSA) is 86.9 Å². The number of benzene rings is 2. The molecule has 1 heterocycles. The summed E-state index contributed by atoms with van der Waals surface area (Å²) in [6.45, 7) is 0. The Morgan fingerprint density at radius 1 is 1.11 bits per heavy atom. The SMILES string of the molecule is CN(c1c(C#N)nnc2cc(-c3ccc(C[SH](=O)=O)cc3)ccc12)C1CC1. The number of fused-ring (bicyclic) bond motifs is 1. The largest absolute Gasteiger partial charge is 0.369 e. The maximum Gasteiger partial charge on any atom is 0.186 e. The van der Waals surface area contributed by atoms with Crippen LogP contribution in [0, 0.1) is 11.3 Å². The first-order valence-electron chi connectivity index (χ1n) is 8.71. The van der Waals surface area contributed by atoms with Crippen LogP contribution in [-0.4, -0.2) is 31.7 Å². The number of thiol groups is 1. The first kappa shape index (κ1) is 17.4. The quantitative estimate of drug-likeness (QED) is 0.687. The van der Waals surface area contributed by atoms with Crippen molar-refractivity contribution >= 4 is 27.3 Å². The van der Waals surface area contributed by atoms with Gasteiger partial charge in [-0.15, -0.1) is 10.2 Å². The zero-order chi connectivity index (χ0) is 19.0. The van der Waals surface area contributed by atoms with E-state index in [2.05, 4.69) is 21.2 Å². The molecule has 0 saturated heterocycles. The lowest BCUT2D eigenvalue weighted by Gasteiger charge is -2.21. The van der Waals surface area contributed by atoms with Gasteiger partial charge in [0.2, 0.25) is 0 Å². The van der Waals surface area contributed by atoms with Gasteiger partial charge in [0.25, 0.3) is 0 Å². The average molecular weight is 378 g/mol. The molecule has 1 fully saturated rings. The van der Waals surface area contributed by atoms with Crippen molar-refractivity contribution in [1.29, 1.82) is 5.26 Å². The Labute approximate surface area is 159 Å². The van der Waals surface area contributed by atoms with Gasteiger partial charge in [0, 0.05) is 18.5 Å². The van der Waals surface area contributed by atoms with Crippen LogP contribution >= 0.6 is 0 Å². The molecule has 0 unspecified atom stereocenters. The van der Waals surface area contributed by atoms with Crippen LogP contribution in [0.2, 0.25) is 0 Å². The smallest absolute Gasteiger partial charge is 0.186 e. The normalized spacial score (nSPS) is 13.7. The van der Waals surface area contributed by atoms with Crippen molar-refractivity contribution < 1.29 is 8.42 Å². The Balaban J connectivity index is 1.75. The predicted octanol–water partition coefficient (Wildman–Crippen LogP) is 2.88. The Kier molecular flexibility index (Phi) is 4.50. The van der Waals surface area contributed by atoms with Crippen LogP contribution in [-0.2, 0) is 16.5 Å². The van der Waals surface area contributed by atoms with Gasteiger partial charge in [0.15, 0.2) is 5.69 Å². The van der Waals surface area contributed by atoms with E-state index in [0.717, 1.165) is 46.1 Å². The number of nitrogens with zero attached hydrogens (tertiary/aromatic N) is 4. The molecule has 1 aliphatic carbocycles. The van der Waals surface area contributed by atoms with Gasteiger partial charge in [-0.1, -0.05) is 30.3 Å². The molecular weight excluding hydrogens is 360 g/mol. The van der Waals surface area contributed by atoms with Crippen LogP contribution in [0.3, 0.4) is 0 Å². The van der Waals surface area contributed by atoms with Crippen molar-refractivity contribution in [2.75, 3.05) is 11.9 Å². The van der Waals surface area contributed by atoms with E-state index in [9.17, 15) is 13.7 Å². The van der Waals surface area contributed by atoms with Gasteiger partial charge in [0.05, 0.1) is 17.0 Å². The average Bonchev–Trinajstić information content (AvgIpc) is 3.51. The van der Waals surface area contributed by atoms with E-state index in [0.29, 0.717) is 11.7 Å². The Bertz CT molecular complexity index is 1120. The molecule has 7 heteroatoms. The molecule has 0 radical (unpaired) electrons. The van der Waals surface area contributed by atoms with Gasteiger partial charge in [-0.3, -0.25) is 0 Å². The minimum absolute atomic E-state index is 0.0482. The van der Waals surface area contributed by atoms with Gasteiger partial charge in [-0.25, -0.2) is 8.42 Å². The zero-order valence-corrected chi connectivity index (χ0v) is 15.7. The van der Waals surface area contributed by atoms with Crippen molar-refractivity contribution in [2.24, 2.45) is 0 Å². The lowest BCUT2D eigenvalue weighted by atomic mass is 10.0. The fraction of sp³-hybridized carbons (Fsp3) is 0.250. The summed E-state index contributed by atoms with van der Waals surface area (Å²) in [5.41, 5.74) is 4.64. The molecule has 4 rings (SSSR count). The maximum absolute atomic E-state index is 10.9. The number of hydrogen-bond donors (Lipinski definition) is 1. The molecule has 1 aromatic heterocycles. The second-order valence-electron chi connectivity index (χ2n) is 6.77. The number of hydrogen-bond acceptors (Lipinski definition) is 6. The van der Waals surface area contributed by atoms with E-state index < -0.39 is 10.7 Å².